The summed E-state index contributed by atoms with van der Waals surface area (Å²) in [6.45, 7) is -2.21. The zero-order chi connectivity index (χ0) is 29.1. The van der Waals surface area contributed by atoms with Crippen LogP contribution in [0, 0.1) is 0 Å². The molecule has 1 saturated heterocycles. The highest BCUT2D eigenvalue weighted by atomic mass is 19.4. The number of carboxylic acids is 2. The summed E-state index contributed by atoms with van der Waals surface area (Å²) >= 11 is 0. The number of carbonyl (C=O) groups is 3. The van der Waals surface area contributed by atoms with E-state index < -0.39 is 61.4 Å². The van der Waals surface area contributed by atoms with E-state index in [1.807, 2.05) is 0 Å². The smallest absolute Gasteiger partial charge is 0.422 e. The van der Waals surface area contributed by atoms with Crippen LogP contribution in [0.2, 0.25) is 0 Å². The van der Waals surface area contributed by atoms with E-state index >= 15 is 0 Å². The second kappa shape index (κ2) is 14.6. The lowest BCUT2D eigenvalue weighted by molar-refractivity contribution is -0.165. The largest absolute Gasteiger partial charge is 0.484 e. The molecule has 17 heteroatoms. The van der Waals surface area contributed by atoms with Gasteiger partial charge in [0.2, 0.25) is 0 Å². The van der Waals surface area contributed by atoms with Gasteiger partial charge in [0.15, 0.2) is 25.4 Å². The number of carboxylic acid groups (broad SMARTS) is 2. The van der Waals surface area contributed by atoms with Crippen LogP contribution in [-0.4, -0.2) is 95.2 Å². The molecule has 11 nitrogen and oxygen atoms in total. The highest BCUT2D eigenvalue weighted by Gasteiger charge is 2.31. The molecular weight excluding hydrogens is 538 g/mol. The van der Waals surface area contributed by atoms with Crippen molar-refractivity contribution >= 4 is 17.8 Å². The third kappa shape index (κ3) is 12.8. The molecule has 1 aliphatic heterocycles. The molecular formula is C21H26F6N2O9. The number of carbonyl (C=O) groups excluding carboxylic acids is 1. The maximum absolute atomic E-state index is 12.4. The summed E-state index contributed by atoms with van der Waals surface area (Å²) < 4.78 is 83.3. The van der Waals surface area contributed by atoms with Gasteiger partial charge < -0.3 is 40.5 Å². The van der Waals surface area contributed by atoms with Crippen molar-refractivity contribution in [2.24, 2.45) is 0 Å². The number of halogens is 6. The minimum atomic E-state index is -4.63. The lowest BCUT2D eigenvalue weighted by atomic mass is 10.0. The molecule has 38 heavy (non-hydrogen) atoms. The number of aliphatic hydroxyl groups excluding tert-OH is 2. The van der Waals surface area contributed by atoms with E-state index in [-0.39, 0.29) is 23.9 Å². The van der Waals surface area contributed by atoms with Gasteiger partial charge in [-0.3, -0.25) is 4.79 Å². The number of amides is 1. The van der Waals surface area contributed by atoms with Crippen molar-refractivity contribution in [2.75, 3.05) is 26.3 Å². The third-order valence-electron chi connectivity index (χ3n) is 4.72. The Bertz CT molecular complexity index is 919. The van der Waals surface area contributed by atoms with Crippen LogP contribution < -0.4 is 20.1 Å². The Hall–Kier alpha value is -3.31. The van der Waals surface area contributed by atoms with Crippen molar-refractivity contribution in [3.05, 3.63) is 23.8 Å². The van der Waals surface area contributed by atoms with Crippen molar-refractivity contribution in [3.8, 4) is 11.5 Å². The minimum absolute atomic E-state index is 0.0157. The molecule has 216 valence electrons. The predicted molar refractivity (Wildman–Crippen MR) is 115 cm³/mol. The van der Waals surface area contributed by atoms with E-state index in [0.717, 1.165) is 44.0 Å². The summed E-state index contributed by atoms with van der Waals surface area (Å²) in [4.78, 5) is 32.0. The number of alkyl halides is 6. The van der Waals surface area contributed by atoms with Crippen LogP contribution in [0.15, 0.2) is 18.2 Å². The molecule has 3 unspecified atom stereocenters. The second-order valence-electron chi connectivity index (χ2n) is 7.89. The zero-order valence-corrected chi connectivity index (χ0v) is 19.5. The molecule has 1 heterocycles. The van der Waals surface area contributed by atoms with Gasteiger partial charge in [-0.25, -0.2) is 9.59 Å². The number of ether oxygens (including phenoxy) is 2. The molecule has 2 rings (SSSR count). The van der Waals surface area contributed by atoms with E-state index in [1.54, 1.807) is 0 Å². The standard InChI is InChI=1S/C17H20F6N2O3.C4H6O6/c18-16(19,20)9-27-12-4-5-14(28-10-17(21,22)23)13(7-12)15(26)25-8-11-3-1-2-6-24-11;5-1(3(7)8)2(6)4(9)10/h4-5,7,11,24H,1-3,6,8-10H2,(H,25,26);1-2,5-6H,(H,7,8)(H,9,10). The van der Waals surface area contributed by atoms with Crippen molar-refractivity contribution in [1.82, 2.24) is 10.6 Å². The van der Waals surface area contributed by atoms with Gasteiger partial charge in [-0.2, -0.15) is 26.3 Å². The molecule has 0 bridgehead atoms. The number of rotatable bonds is 10. The van der Waals surface area contributed by atoms with E-state index in [1.165, 1.54) is 0 Å². The molecule has 0 aliphatic carbocycles. The highest BCUT2D eigenvalue weighted by Crippen LogP contribution is 2.28. The monoisotopic (exact) mass is 564 g/mol. The van der Waals surface area contributed by atoms with Crippen LogP contribution in [0.3, 0.4) is 0 Å². The van der Waals surface area contributed by atoms with E-state index in [0.29, 0.717) is 0 Å². The first kappa shape index (κ1) is 32.7. The average Bonchev–Trinajstić information content (AvgIpc) is 2.84. The number of piperidine rings is 1. The Morgan fingerprint density at radius 1 is 0.947 bits per heavy atom. The first-order valence-electron chi connectivity index (χ1n) is 10.9. The summed E-state index contributed by atoms with van der Waals surface area (Å²) in [6, 6.07) is 2.94. The van der Waals surface area contributed by atoms with Crippen LogP contribution in [0.5, 0.6) is 11.5 Å². The number of benzene rings is 1. The number of aliphatic hydroxyl groups is 2. The van der Waals surface area contributed by atoms with Crippen LogP contribution in [-0.2, 0) is 9.59 Å². The summed E-state index contributed by atoms with van der Waals surface area (Å²) in [5.41, 5.74) is -0.334. The van der Waals surface area contributed by atoms with Gasteiger partial charge in [-0.15, -0.1) is 0 Å². The molecule has 6 N–H and O–H groups in total. The molecule has 0 saturated carbocycles. The van der Waals surface area contributed by atoms with Gasteiger partial charge in [0.05, 0.1) is 5.56 Å². The molecule has 1 fully saturated rings. The van der Waals surface area contributed by atoms with Crippen LogP contribution in [0.1, 0.15) is 29.6 Å². The number of hydrogen-bond donors (Lipinski definition) is 6. The topological polar surface area (TPSA) is 175 Å². The Kier molecular flexibility index (Phi) is 12.6. The maximum atomic E-state index is 12.4. The summed E-state index contributed by atoms with van der Waals surface area (Å²) in [5.74, 6) is -5.00. The summed E-state index contributed by atoms with van der Waals surface area (Å²) in [6.07, 6.45) is -10.9. The Labute approximate surface area is 211 Å². The molecule has 1 aliphatic rings. The number of hydrogen-bond acceptors (Lipinski definition) is 8. The van der Waals surface area contributed by atoms with Crippen molar-refractivity contribution in [2.45, 2.75) is 49.9 Å². The third-order valence-corrected chi connectivity index (χ3v) is 4.72. The van der Waals surface area contributed by atoms with Crippen LogP contribution in [0.25, 0.3) is 0 Å². The molecule has 0 radical (unpaired) electrons. The van der Waals surface area contributed by atoms with Gasteiger partial charge in [-0.05, 0) is 37.6 Å². The second-order valence-corrected chi connectivity index (χ2v) is 7.89. The van der Waals surface area contributed by atoms with Crippen molar-refractivity contribution < 1.29 is 70.6 Å². The Morgan fingerprint density at radius 2 is 1.50 bits per heavy atom. The summed E-state index contributed by atoms with van der Waals surface area (Å²) in [7, 11) is 0. The fourth-order valence-corrected chi connectivity index (χ4v) is 2.91. The number of aliphatic carboxylic acids is 2. The van der Waals surface area contributed by atoms with E-state index in [9.17, 15) is 40.7 Å². The quantitative estimate of drug-likeness (QED) is 0.228. The average molecular weight is 564 g/mol. The molecule has 0 spiro atoms. The normalized spacial score (nSPS) is 17.3. The molecule has 3 atom stereocenters. The summed E-state index contributed by atoms with van der Waals surface area (Å²) in [5, 5.41) is 38.3. The predicted octanol–water partition coefficient (Wildman–Crippen LogP) is 1.32. The number of nitrogens with one attached hydrogen (secondary N) is 2. The highest BCUT2D eigenvalue weighted by molar-refractivity contribution is 5.97. The SMILES string of the molecule is O=C(NCC1CCCCN1)c1cc(OCC(F)(F)F)ccc1OCC(F)(F)F.O=C(O)C(O)C(O)C(=O)O. The fourth-order valence-electron chi connectivity index (χ4n) is 2.91. The van der Waals surface area contributed by atoms with Gasteiger partial charge in [-0.1, -0.05) is 6.42 Å². The molecule has 1 amide bonds. The van der Waals surface area contributed by atoms with Crippen molar-refractivity contribution in [3.63, 3.8) is 0 Å². The lowest BCUT2D eigenvalue weighted by Crippen LogP contribution is -2.43. The zero-order valence-electron chi connectivity index (χ0n) is 19.5. The van der Waals surface area contributed by atoms with E-state index in [4.69, 9.17) is 20.4 Å². The molecule has 1 aromatic rings. The Morgan fingerprint density at radius 3 is 1.97 bits per heavy atom. The van der Waals surface area contributed by atoms with Gasteiger partial charge >= 0.3 is 24.3 Å². The van der Waals surface area contributed by atoms with Gasteiger partial charge in [0.1, 0.15) is 11.5 Å². The fraction of sp³-hybridized carbons (Fsp3) is 0.571. The van der Waals surface area contributed by atoms with Crippen LogP contribution in [0.4, 0.5) is 26.3 Å². The van der Waals surface area contributed by atoms with E-state index in [2.05, 4.69) is 20.1 Å². The maximum Gasteiger partial charge on any atom is 0.422 e. The van der Waals surface area contributed by atoms with Gasteiger partial charge in [0, 0.05) is 12.6 Å². The first-order valence-corrected chi connectivity index (χ1v) is 10.9. The minimum Gasteiger partial charge on any atom is -0.484 e. The lowest BCUT2D eigenvalue weighted by Gasteiger charge is -2.24. The van der Waals surface area contributed by atoms with Gasteiger partial charge in [0.25, 0.3) is 5.91 Å². The molecule has 1 aromatic carbocycles. The van der Waals surface area contributed by atoms with Crippen LogP contribution >= 0.6 is 0 Å². The van der Waals surface area contributed by atoms with Crippen molar-refractivity contribution in [1.29, 1.82) is 0 Å². The Balaban J connectivity index is 0.000000612. The first-order chi connectivity index (χ1) is 17.5. The molecule has 0 aromatic heterocycles.